The fourth-order valence-corrected chi connectivity index (χ4v) is 4.78. The third-order valence-corrected chi connectivity index (χ3v) is 6.68. The van der Waals surface area contributed by atoms with Crippen molar-refractivity contribution in [1.29, 1.82) is 0 Å². The zero-order valence-corrected chi connectivity index (χ0v) is 19.1. The van der Waals surface area contributed by atoms with Crippen LogP contribution in [0, 0.1) is 5.82 Å². The van der Waals surface area contributed by atoms with Gasteiger partial charge in [0, 0.05) is 17.8 Å². The van der Waals surface area contributed by atoms with Crippen LogP contribution >= 0.6 is 11.3 Å². The van der Waals surface area contributed by atoms with Gasteiger partial charge in [-0.15, -0.1) is 0 Å². The lowest BCUT2D eigenvalue weighted by Crippen LogP contribution is -2.39. The minimum absolute atomic E-state index is 0.00569. The SMILES string of the molecule is CC(C(N)=O)N(c1ccc(F)cc1)c1nc(N)c(C(=O)c2cc(C(=O)NC3CCCC3)no2)s1. The summed E-state index contributed by atoms with van der Waals surface area (Å²) in [7, 11) is 0. The van der Waals surface area contributed by atoms with Crippen LogP contribution < -0.4 is 21.7 Å². The second-order valence-corrected chi connectivity index (χ2v) is 8.97. The molecule has 1 aliphatic carbocycles. The maximum absolute atomic E-state index is 13.4. The van der Waals surface area contributed by atoms with Gasteiger partial charge in [-0.25, -0.2) is 9.37 Å². The molecule has 4 rings (SSSR count). The molecule has 0 saturated heterocycles. The number of amides is 2. The fraction of sp³-hybridized carbons (Fsp3) is 0.318. The Balaban J connectivity index is 1.59. The van der Waals surface area contributed by atoms with Gasteiger partial charge in [0.25, 0.3) is 5.91 Å². The minimum atomic E-state index is -0.866. The Morgan fingerprint density at radius 3 is 2.56 bits per heavy atom. The van der Waals surface area contributed by atoms with Gasteiger partial charge in [0.1, 0.15) is 22.6 Å². The number of nitrogens with two attached hydrogens (primary N) is 2. The van der Waals surface area contributed by atoms with Crippen molar-refractivity contribution < 1.29 is 23.3 Å². The normalized spacial score (nSPS) is 14.6. The van der Waals surface area contributed by atoms with Crippen molar-refractivity contribution in [2.45, 2.75) is 44.7 Å². The smallest absolute Gasteiger partial charge is 0.273 e. The quantitative estimate of drug-likeness (QED) is 0.410. The van der Waals surface area contributed by atoms with Crippen LogP contribution in [-0.2, 0) is 4.79 Å². The fourth-order valence-electron chi connectivity index (χ4n) is 3.75. The first kappa shape index (κ1) is 23.4. The molecule has 1 atom stereocenters. The molecule has 0 spiro atoms. The molecule has 3 aromatic rings. The Kier molecular flexibility index (Phi) is 6.59. The van der Waals surface area contributed by atoms with Crippen molar-refractivity contribution >= 4 is 45.6 Å². The van der Waals surface area contributed by atoms with Gasteiger partial charge in [-0.2, -0.15) is 0 Å². The van der Waals surface area contributed by atoms with E-state index in [1.807, 2.05) is 0 Å². The molecular weight excluding hydrogens is 463 g/mol. The Bertz CT molecular complexity index is 1220. The zero-order chi connectivity index (χ0) is 24.4. The summed E-state index contributed by atoms with van der Waals surface area (Å²) in [5.41, 5.74) is 11.9. The van der Waals surface area contributed by atoms with Gasteiger partial charge in [0.05, 0.1) is 0 Å². The molecule has 178 valence electrons. The van der Waals surface area contributed by atoms with E-state index in [0.717, 1.165) is 37.0 Å². The van der Waals surface area contributed by atoms with Crippen LogP contribution in [0.5, 0.6) is 0 Å². The third-order valence-electron chi connectivity index (χ3n) is 5.62. The lowest BCUT2D eigenvalue weighted by Gasteiger charge is -2.26. The number of hydrogen-bond donors (Lipinski definition) is 3. The summed E-state index contributed by atoms with van der Waals surface area (Å²) in [6.07, 6.45) is 3.93. The average molecular weight is 487 g/mol. The number of anilines is 3. The zero-order valence-electron chi connectivity index (χ0n) is 18.3. The number of carbonyl (C=O) groups is 3. The molecule has 34 heavy (non-hydrogen) atoms. The highest BCUT2D eigenvalue weighted by atomic mass is 32.1. The summed E-state index contributed by atoms with van der Waals surface area (Å²) < 4.78 is 18.5. The lowest BCUT2D eigenvalue weighted by molar-refractivity contribution is -0.118. The summed E-state index contributed by atoms with van der Waals surface area (Å²) in [6.45, 7) is 1.55. The van der Waals surface area contributed by atoms with Crippen molar-refractivity contribution in [3.8, 4) is 0 Å². The molecule has 0 bridgehead atoms. The van der Waals surface area contributed by atoms with Crippen molar-refractivity contribution in [2.24, 2.45) is 5.73 Å². The largest absolute Gasteiger partial charge is 0.382 e. The van der Waals surface area contributed by atoms with Gasteiger partial charge >= 0.3 is 0 Å². The predicted octanol–water partition coefficient (Wildman–Crippen LogP) is 2.77. The van der Waals surface area contributed by atoms with Crippen molar-refractivity contribution in [3.05, 3.63) is 52.5 Å². The monoisotopic (exact) mass is 486 g/mol. The molecule has 10 nitrogen and oxygen atoms in total. The molecule has 0 aliphatic heterocycles. The number of thiazole rings is 1. The number of nitrogen functional groups attached to an aromatic ring is 1. The Morgan fingerprint density at radius 2 is 1.91 bits per heavy atom. The highest BCUT2D eigenvalue weighted by Gasteiger charge is 2.29. The van der Waals surface area contributed by atoms with Gasteiger partial charge in [0.15, 0.2) is 10.8 Å². The van der Waals surface area contributed by atoms with Gasteiger partial charge in [-0.3, -0.25) is 14.4 Å². The highest BCUT2D eigenvalue weighted by Crippen LogP contribution is 2.36. The number of ketones is 1. The van der Waals surface area contributed by atoms with E-state index in [-0.39, 0.29) is 33.3 Å². The summed E-state index contributed by atoms with van der Waals surface area (Å²) in [4.78, 5) is 43.1. The molecule has 5 N–H and O–H groups in total. The highest BCUT2D eigenvalue weighted by molar-refractivity contribution is 7.18. The molecule has 1 unspecified atom stereocenters. The van der Waals surface area contributed by atoms with Crippen molar-refractivity contribution in [2.75, 3.05) is 10.6 Å². The van der Waals surface area contributed by atoms with Crippen LogP contribution in [0.3, 0.4) is 0 Å². The molecule has 1 aliphatic rings. The summed E-state index contributed by atoms with van der Waals surface area (Å²) in [5.74, 6) is -2.40. The number of carbonyl (C=O) groups excluding carboxylic acids is 3. The summed E-state index contributed by atoms with van der Waals surface area (Å²) in [6, 6.07) is 5.86. The number of halogens is 1. The van der Waals surface area contributed by atoms with Crippen molar-refractivity contribution in [1.82, 2.24) is 15.5 Å². The molecule has 1 saturated carbocycles. The standard InChI is InChI=1S/C22H23FN6O4S/c1-11(20(25)31)29(14-8-6-12(23)7-9-14)22-27-19(24)18(34-22)17(30)16-10-15(28-33-16)21(32)26-13-4-2-3-5-13/h6-11,13H,2-5,24H2,1H3,(H2,25,31)(H,26,32). The molecule has 1 aromatic carbocycles. The van der Waals surface area contributed by atoms with E-state index in [2.05, 4.69) is 15.5 Å². The number of benzene rings is 1. The first-order valence-corrected chi connectivity index (χ1v) is 11.5. The maximum Gasteiger partial charge on any atom is 0.273 e. The lowest BCUT2D eigenvalue weighted by atomic mass is 10.2. The van der Waals surface area contributed by atoms with Gasteiger partial charge in [-0.1, -0.05) is 29.3 Å². The van der Waals surface area contributed by atoms with Gasteiger partial charge < -0.3 is 26.2 Å². The molecule has 2 aromatic heterocycles. The topological polar surface area (TPSA) is 157 Å². The first-order chi connectivity index (χ1) is 16.2. The first-order valence-electron chi connectivity index (χ1n) is 10.7. The molecule has 0 radical (unpaired) electrons. The van der Waals surface area contributed by atoms with E-state index in [4.69, 9.17) is 16.0 Å². The summed E-state index contributed by atoms with van der Waals surface area (Å²) >= 11 is 0.910. The van der Waals surface area contributed by atoms with E-state index < -0.39 is 29.5 Å². The van der Waals surface area contributed by atoms with E-state index in [0.29, 0.717) is 5.69 Å². The number of aromatic nitrogens is 2. The number of nitrogens with one attached hydrogen (secondary N) is 1. The van der Waals surface area contributed by atoms with E-state index in [1.165, 1.54) is 35.2 Å². The number of primary amides is 1. The molecule has 2 heterocycles. The van der Waals surface area contributed by atoms with E-state index >= 15 is 0 Å². The van der Waals surface area contributed by atoms with Crippen LogP contribution in [0.4, 0.5) is 21.0 Å². The number of nitrogens with zero attached hydrogens (tertiary/aromatic N) is 3. The van der Waals surface area contributed by atoms with Crippen LogP contribution in [-0.4, -0.2) is 39.8 Å². The van der Waals surface area contributed by atoms with Crippen molar-refractivity contribution in [3.63, 3.8) is 0 Å². The molecule has 2 amide bonds. The Morgan fingerprint density at radius 1 is 1.24 bits per heavy atom. The third kappa shape index (κ3) is 4.76. The molecular formula is C22H23FN6O4S. The van der Waals surface area contributed by atoms with Gasteiger partial charge in [0.2, 0.25) is 17.5 Å². The summed E-state index contributed by atoms with van der Waals surface area (Å²) in [5, 5.41) is 6.80. The van der Waals surface area contributed by atoms with E-state index in [9.17, 15) is 18.8 Å². The Labute approximate surface area is 198 Å². The average Bonchev–Trinajstić information content (AvgIpc) is 3.56. The minimum Gasteiger partial charge on any atom is -0.382 e. The van der Waals surface area contributed by atoms with Crippen LogP contribution in [0.2, 0.25) is 0 Å². The molecule has 1 fully saturated rings. The number of rotatable bonds is 8. The predicted molar refractivity (Wildman–Crippen MR) is 123 cm³/mol. The van der Waals surface area contributed by atoms with Crippen LogP contribution in [0.25, 0.3) is 0 Å². The van der Waals surface area contributed by atoms with Gasteiger partial charge in [-0.05, 0) is 44.0 Å². The van der Waals surface area contributed by atoms with E-state index in [1.54, 1.807) is 6.92 Å². The molecule has 12 heteroatoms. The maximum atomic E-state index is 13.4. The Hall–Kier alpha value is -3.80. The van der Waals surface area contributed by atoms with Crippen LogP contribution in [0.1, 0.15) is 58.5 Å². The second-order valence-electron chi connectivity index (χ2n) is 8.00. The second kappa shape index (κ2) is 9.59. The van der Waals surface area contributed by atoms with Crippen LogP contribution in [0.15, 0.2) is 34.9 Å². The number of hydrogen-bond acceptors (Lipinski definition) is 9.